The van der Waals surface area contributed by atoms with E-state index in [0.717, 1.165) is 6.07 Å². The summed E-state index contributed by atoms with van der Waals surface area (Å²) in [6.07, 6.45) is 1.27. The van der Waals surface area contributed by atoms with Gasteiger partial charge in [0.05, 0.1) is 12.0 Å². The number of para-hydroxylation sites is 1. The highest BCUT2D eigenvalue weighted by atomic mass is 32.2. The fourth-order valence-corrected chi connectivity index (χ4v) is 4.25. The van der Waals surface area contributed by atoms with E-state index < -0.39 is 36.8 Å². The third-order valence-electron chi connectivity index (χ3n) is 3.61. The Balaban J connectivity index is 1.89. The molecule has 2 heterocycles. The molecule has 1 aliphatic rings. The van der Waals surface area contributed by atoms with Gasteiger partial charge in [0.1, 0.15) is 10.7 Å². The number of nitrogens with zero attached hydrogens (tertiary/aromatic N) is 3. The van der Waals surface area contributed by atoms with Crippen LogP contribution < -0.4 is 19.0 Å². The Bertz CT molecular complexity index is 1240. The van der Waals surface area contributed by atoms with Gasteiger partial charge in [0.15, 0.2) is 5.75 Å². The van der Waals surface area contributed by atoms with Gasteiger partial charge < -0.3 is 8.92 Å². The normalized spacial score (nSPS) is 14.8. The van der Waals surface area contributed by atoms with E-state index in [1.165, 1.54) is 39.2 Å². The van der Waals surface area contributed by atoms with E-state index in [4.69, 9.17) is 8.92 Å². The van der Waals surface area contributed by atoms with Crippen molar-refractivity contribution in [1.82, 2.24) is 19.7 Å². The number of aromatic nitrogens is 3. The second-order valence-electron chi connectivity index (χ2n) is 5.72. The van der Waals surface area contributed by atoms with Gasteiger partial charge in [-0.2, -0.15) is 23.4 Å². The molecule has 0 aliphatic carbocycles. The number of hydrogen-bond donors (Lipinski definition) is 2. The number of methoxy groups -OCH3 is 1. The maximum Gasteiger partial charge on any atom is 0.335 e. The molecule has 1 aromatic carbocycles. The first-order chi connectivity index (χ1) is 13.5. The molecule has 1 aromatic heterocycles. The van der Waals surface area contributed by atoms with Crippen molar-refractivity contribution >= 4 is 38.2 Å². The number of ether oxygens (including phenoxy) is 1. The van der Waals surface area contributed by atoms with Crippen molar-refractivity contribution in [3.63, 3.8) is 0 Å². The minimum absolute atomic E-state index is 0.0754. The Kier molecular flexibility index (Phi) is 5.15. The second kappa shape index (κ2) is 7.29. The fraction of sp³-hybridized carbons (Fsp3) is 0.200. The lowest BCUT2D eigenvalue weighted by molar-refractivity contribution is 0.256. The first-order valence-electron chi connectivity index (χ1n) is 7.88. The van der Waals surface area contributed by atoms with Gasteiger partial charge in [-0.15, -0.1) is 0 Å². The van der Waals surface area contributed by atoms with Crippen LogP contribution in [0.2, 0.25) is 0 Å². The average molecular weight is 441 g/mol. The van der Waals surface area contributed by atoms with Crippen LogP contribution in [0.4, 0.5) is 10.7 Å². The summed E-state index contributed by atoms with van der Waals surface area (Å²) in [5.74, 6) is -0.418. The van der Waals surface area contributed by atoms with Crippen molar-refractivity contribution in [2.24, 2.45) is 0 Å². The number of fused-ring (bicyclic) bond motifs is 1. The van der Waals surface area contributed by atoms with Gasteiger partial charge in [-0.25, -0.2) is 17.9 Å². The molecule has 0 bridgehead atoms. The number of urea groups is 1. The monoisotopic (exact) mass is 441 g/mol. The van der Waals surface area contributed by atoms with Crippen LogP contribution in [0, 0.1) is 6.92 Å². The molecule has 0 spiro atoms. The van der Waals surface area contributed by atoms with E-state index in [9.17, 15) is 21.6 Å². The second-order valence-corrected chi connectivity index (χ2v) is 9.09. The third kappa shape index (κ3) is 4.27. The SMILES string of the molecule is COc1nc(C)nc(NC(=O)NS(=O)(=O)c2cccc3c2OS(=O)(=O)C(C)=C3)n1. The molecule has 2 aromatic rings. The molecule has 14 heteroatoms. The van der Waals surface area contributed by atoms with E-state index in [-0.39, 0.29) is 28.3 Å². The lowest BCUT2D eigenvalue weighted by Gasteiger charge is -2.18. The minimum Gasteiger partial charge on any atom is -0.467 e. The van der Waals surface area contributed by atoms with Crippen LogP contribution in [0.25, 0.3) is 6.08 Å². The van der Waals surface area contributed by atoms with Gasteiger partial charge in [0, 0.05) is 5.56 Å². The van der Waals surface area contributed by atoms with E-state index in [2.05, 4.69) is 20.3 Å². The van der Waals surface area contributed by atoms with Crippen molar-refractivity contribution in [2.45, 2.75) is 18.7 Å². The van der Waals surface area contributed by atoms with Crippen LogP contribution in [0.15, 0.2) is 28.0 Å². The summed E-state index contributed by atoms with van der Waals surface area (Å²) in [5.41, 5.74) is 0.235. The number of nitrogens with one attached hydrogen (secondary N) is 2. The van der Waals surface area contributed by atoms with Crippen molar-refractivity contribution < 1.29 is 30.6 Å². The first kappa shape index (κ1) is 20.5. The van der Waals surface area contributed by atoms with Crippen molar-refractivity contribution in [1.29, 1.82) is 0 Å². The van der Waals surface area contributed by atoms with Gasteiger partial charge in [-0.05, 0) is 26.0 Å². The summed E-state index contributed by atoms with van der Waals surface area (Å²) < 4.78 is 60.7. The number of anilines is 1. The molecule has 2 N–H and O–H groups in total. The van der Waals surface area contributed by atoms with Crippen LogP contribution in [0.1, 0.15) is 18.3 Å². The summed E-state index contributed by atoms with van der Waals surface area (Å²) in [6, 6.07) is 2.71. The molecule has 29 heavy (non-hydrogen) atoms. The molecule has 0 saturated carbocycles. The van der Waals surface area contributed by atoms with Crippen molar-refractivity contribution in [2.75, 3.05) is 12.4 Å². The highest BCUT2D eigenvalue weighted by Crippen LogP contribution is 2.36. The molecule has 0 unspecified atom stereocenters. The number of benzene rings is 1. The van der Waals surface area contributed by atoms with Crippen LogP contribution >= 0.6 is 0 Å². The lowest BCUT2D eigenvalue weighted by Crippen LogP contribution is -2.35. The molecule has 2 amide bonds. The standard InChI is InChI=1S/C15H15N5O7S2/c1-8-7-10-5-4-6-11(12(10)27-29(8,24)25)28(22,23)20-14(21)18-13-16-9(2)17-15(19-13)26-3/h4-7H,1-3H3,(H2,16,17,18,19,20,21). The van der Waals surface area contributed by atoms with E-state index >= 15 is 0 Å². The Morgan fingerprint density at radius 2 is 1.90 bits per heavy atom. The van der Waals surface area contributed by atoms with Gasteiger partial charge in [0.25, 0.3) is 10.0 Å². The molecule has 3 rings (SSSR count). The Hall–Kier alpha value is -3.26. The predicted molar refractivity (Wildman–Crippen MR) is 100 cm³/mol. The highest BCUT2D eigenvalue weighted by molar-refractivity contribution is 7.91. The molecule has 0 radical (unpaired) electrons. The third-order valence-corrected chi connectivity index (χ3v) is 6.25. The molecular formula is C15H15N5O7S2. The zero-order chi connectivity index (χ0) is 21.4. The predicted octanol–water partition coefficient (Wildman–Crippen LogP) is 0.782. The summed E-state index contributed by atoms with van der Waals surface area (Å²) >= 11 is 0. The smallest absolute Gasteiger partial charge is 0.335 e. The van der Waals surface area contributed by atoms with Crippen LogP contribution in [-0.4, -0.2) is 44.9 Å². The first-order valence-corrected chi connectivity index (χ1v) is 10.8. The maximum absolute atomic E-state index is 12.6. The van der Waals surface area contributed by atoms with Gasteiger partial charge in [-0.3, -0.25) is 5.32 Å². The Morgan fingerprint density at radius 3 is 2.59 bits per heavy atom. The number of allylic oxidation sites excluding steroid dienone is 1. The van der Waals surface area contributed by atoms with Crippen molar-refractivity contribution in [3.8, 4) is 11.8 Å². The van der Waals surface area contributed by atoms with Crippen LogP contribution in [0.5, 0.6) is 11.8 Å². The van der Waals surface area contributed by atoms with Crippen LogP contribution in [0.3, 0.4) is 0 Å². The molecular weight excluding hydrogens is 426 g/mol. The Morgan fingerprint density at radius 1 is 1.17 bits per heavy atom. The van der Waals surface area contributed by atoms with E-state index in [1.807, 2.05) is 0 Å². The quantitative estimate of drug-likeness (QED) is 0.647. The minimum atomic E-state index is -4.50. The largest absolute Gasteiger partial charge is 0.467 e. The number of sulfonamides is 1. The van der Waals surface area contributed by atoms with Gasteiger partial charge >= 0.3 is 22.2 Å². The van der Waals surface area contributed by atoms with Gasteiger partial charge in [-0.1, -0.05) is 12.1 Å². The van der Waals surface area contributed by atoms with E-state index in [0.29, 0.717) is 0 Å². The topological polar surface area (TPSA) is 167 Å². The summed E-state index contributed by atoms with van der Waals surface area (Å²) in [7, 11) is -7.31. The zero-order valence-corrected chi connectivity index (χ0v) is 17.0. The number of carbonyl (C=O) groups is 1. The molecule has 0 atom stereocenters. The molecule has 0 saturated heterocycles. The Labute approximate surface area is 166 Å². The summed E-state index contributed by atoms with van der Waals surface area (Å²) in [4.78, 5) is 23.0. The number of carbonyl (C=O) groups excluding carboxylic acids is 1. The van der Waals surface area contributed by atoms with Crippen molar-refractivity contribution in [3.05, 3.63) is 34.5 Å². The summed E-state index contributed by atoms with van der Waals surface area (Å²) in [5, 5.41) is 2.14. The molecule has 154 valence electrons. The molecule has 0 fully saturated rings. The number of hydrogen-bond acceptors (Lipinski definition) is 10. The molecule has 1 aliphatic heterocycles. The molecule has 12 nitrogen and oxygen atoms in total. The van der Waals surface area contributed by atoms with Crippen LogP contribution in [-0.2, 0) is 20.1 Å². The average Bonchev–Trinajstić information content (AvgIpc) is 2.60. The number of rotatable bonds is 4. The number of aryl methyl sites for hydroxylation is 1. The lowest BCUT2D eigenvalue weighted by atomic mass is 10.2. The summed E-state index contributed by atoms with van der Waals surface area (Å²) in [6.45, 7) is 2.84. The highest BCUT2D eigenvalue weighted by Gasteiger charge is 2.31. The van der Waals surface area contributed by atoms with E-state index in [1.54, 1.807) is 4.72 Å². The maximum atomic E-state index is 12.6. The number of amides is 2. The zero-order valence-electron chi connectivity index (χ0n) is 15.3. The fourth-order valence-electron chi connectivity index (χ4n) is 2.32. The van der Waals surface area contributed by atoms with Gasteiger partial charge in [0.2, 0.25) is 5.95 Å².